The van der Waals surface area contributed by atoms with E-state index in [4.69, 9.17) is 5.73 Å². The summed E-state index contributed by atoms with van der Waals surface area (Å²) in [7, 11) is 0. The van der Waals surface area contributed by atoms with Gasteiger partial charge in [0.15, 0.2) is 0 Å². The van der Waals surface area contributed by atoms with Gasteiger partial charge in [-0.1, -0.05) is 19.1 Å². The molecular weight excluding hydrogens is 166 g/mol. The SMILES string of the molecule is CCSc1ccc([C@@H](C)N)cc1. The van der Waals surface area contributed by atoms with Gasteiger partial charge >= 0.3 is 0 Å². The summed E-state index contributed by atoms with van der Waals surface area (Å²) in [6.45, 7) is 4.16. The van der Waals surface area contributed by atoms with Crippen molar-refractivity contribution in [1.82, 2.24) is 0 Å². The molecule has 0 spiro atoms. The molecule has 1 aromatic rings. The van der Waals surface area contributed by atoms with Crippen LogP contribution in [0.4, 0.5) is 0 Å². The Kier molecular flexibility index (Phi) is 3.63. The summed E-state index contributed by atoms with van der Waals surface area (Å²) in [4.78, 5) is 1.32. The molecule has 0 aromatic heterocycles. The van der Waals surface area contributed by atoms with Gasteiger partial charge in [-0.15, -0.1) is 11.8 Å². The second kappa shape index (κ2) is 4.53. The molecule has 0 unspecified atom stereocenters. The van der Waals surface area contributed by atoms with Crippen molar-refractivity contribution in [3.8, 4) is 0 Å². The van der Waals surface area contributed by atoms with Gasteiger partial charge in [0.1, 0.15) is 0 Å². The molecule has 0 radical (unpaired) electrons. The smallest absolute Gasteiger partial charge is 0.0266 e. The molecule has 0 aliphatic heterocycles. The Morgan fingerprint density at radius 1 is 1.33 bits per heavy atom. The molecule has 1 atom stereocenters. The van der Waals surface area contributed by atoms with Crippen molar-refractivity contribution in [2.45, 2.75) is 24.8 Å². The maximum absolute atomic E-state index is 5.73. The Labute approximate surface area is 78.4 Å². The highest BCUT2D eigenvalue weighted by molar-refractivity contribution is 7.99. The van der Waals surface area contributed by atoms with Crippen LogP contribution in [0.5, 0.6) is 0 Å². The van der Waals surface area contributed by atoms with Gasteiger partial charge in [-0.3, -0.25) is 0 Å². The van der Waals surface area contributed by atoms with E-state index < -0.39 is 0 Å². The van der Waals surface area contributed by atoms with E-state index in [1.807, 2.05) is 18.7 Å². The van der Waals surface area contributed by atoms with Crippen LogP contribution in [0.15, 0.2) is 29.2 Å². The van der Waals surface area contributed by atoms with Crippen molar-refractivity contribution >= 4 is 11.8 Å². The van der Waals surface area contributed by atoms with Gasteiger partial charge in [0.05, 0.1) is 0 Å². The molecule has 0 bridgehead atoms. The third-order valence-electron chi connectivity index (χ3n) is 1.72. The lowest BCUT2D eigenvalue weighted by Crippen LogP contribution is -2.04. The van der Waals surface area contributed by atoms with E-state index in [0.29, 0.717) is 0 Å². The minimum Gasteiger partial charge on any atom is -0.324 e. The van der Waals surface area contributed by atoms with Crippen LogP contribution in [-0.2, 0) is 0 Å². The predicted molar refractivity (Wildman–Crippen MR) is 55.4 cm³/mol. The number of hydrogen-bond acceptors (Lipinski definition) is 2. The van der Waals surface area contributed by atoms with Gasteiger partial charge in [-0.25, -0.2) is 0 Å². The van der Waals surface area contributed by atoms with E-state index in [9.17, 15) is 0 Å². The number of hydrogen-bond donors (Lipinski definition) is 1. The van der Waals surface area contributed by atoms with E-state index in [1.54, 1.807) is 0 Å². The lowest BCUT2D eigenvalue weighted by Gasteiger charge is -2.05. The minimum absolute atomic E-state index is 0.144. The molecule has 0 aliphatic carbocycles. The Balaban J connectivity index is 2.71. The standard InChI is InChI=1S/C10H15NS/c1-3-12-10-6-4-9(5-7-10)8(2)11/h4-8H,3,11H2,1-2H3/t8-/m1/s1. The lowest BCUT2D eigenvalue weighted by molar-refractivity contribution is 0.817. The molecule has 1 aromatic carbocycles. The molecule has 1 nitrogen and oxygen atoms in total. The molecule has 0 amide bonds. The van der Waals surface area contributed by atoms with Crippen LogP contribution < -0.4 is 5.73 Å². The molecule has 0 saturated heterocycles. The Hall–Kier alpha value is -0.470. The molecule has 0 aliphatic rings. The largest absolute Gasteiger partial charge is 0.324 e. The normalized spacial score (nSPS) is 12.9. The van der Waals surface area contributed by atoms with Crippen molar-refractivity contribution < 1.29 is 0 Å². The summed E-state index contributed by atoms with van der Waals surface area (Å²) >= 11 is 1.85. The third kappa shape index (κ3) is 2.54. The molecule has 66 valence electrons. The van der Waals surface area contributed by atoms with Gasteiger partial charge in [-0.2, -0.15) is 0 Å². The van der Waals surface area contributed by atoms with E-state index in [-0.39, 0.29) is 6.04 Å². The van der Waals surface area contributed by atoms with Crippen molar-refractivity contribution in [1.29, 1.82) is 0 Å². The number of nitrogens with two attached hydrogens (primary N) is 1. The first kappa shape index (κ1) is 9.62. The Morgan fingerprint density at radius 3 is 2.33 bits per heavy atom. The molecule has 1 rings (SSSR count). The first-order chi connectivity index (χ1) is 5.74. The topological polar surface area (TPSA) is 26.0 Å². The molecular formula is C10H15NS. The van der Waals surface area contributed by atoms with E-state index >= 15 is 0 Å². The zero-order chi connectivity index (χ0) is 8.97. The van der Waals surface area contributed by atoms with Crippen LogP contribution in [0, 0.1) is 0 Å². The zero-order valence-corrected chi connectivity index (χ0v) is 8.40. The third-order valence-corrected chi connectivity index (χ3v) is 2.61. The lowest BCUT2D eigenvalue weighted by atomic mass is 10.1. The fraction of sp³-hybridized carbons (Fsp3) is 0.400. The van der Waals surface area contributed by atoms with E-state index in [1.165, 1.54) is 10.5 Å². The van der Waals surface area contributed by atoms with Crippen LogP contribution in [0.25, 0.3) is 0 Å². The zero-order valence-electron chi connectivity index (χ0n) is 7.58. The molecule has 2 N–H and O–H groups in total. The summed E-state index contributed by atoms with van der Waals surface area (Å²) in [5.41, 5.74) is 6.94. The Morgan fingerprint density at radius 2 is 1.92 bits per heavy atom. The minimum atomic E-state index is 0.144. The first-order valence-electron chi connectivity index (χ1n) is 4.22. The van der Waals surface area contributed by atoms with Crippen LogP contribution in [-0.4, -0.2) is 5.75 Å². The number of benzene rings is 1. The van der Waals surface area contributed by atoms with E-state index in [0.717, 1.165) is 5.75 Å². The maximum Gasteiger partial charge on any atom is 0.0266 e. The average Bonchev–Trinajstić information content (AvgIpc) is 2.06. The highest BCUT2D eigenvalue weighted by Crippen LogP contribution is 2.19. The average molecular weight is 181 g/mol. The monoisotopic (exact) mass is 181 g/mol. The fourth-order valence-electron chi connectivity index (χ4n) is 1.03. The maximum atomic E-state index is 5.73. The molecule has 12 heavy (non-hydrogen) atoms. The van der Waals surface area contributed by atoms with Crippen molar-refractivity contribution in [2.24, 2.45) is 5.73 Å². The first-order valence-corrected chi connectivity index (χ1v) is 5.21. The van der Waals surface area contributed by atoms with Crippen LogP contribution in [0.2, 0.25) is 0 Å². The van der Waals surface area contributed by atoms with Crippen molar-refractivity contribution in [2.75, 3.05) is 5.75 Å². The van der Waals surface area contributed by atoms with Crippen LogP contribution >= 0.6 is 11.8 Å². The molecule has 0 heterocycles. The second-order valence-corrected chi connectivity index (χ2v) is 4.13. The highest BCUT2D eigenvalue weighted by Gasteiger charge is 1.97. The predicted octanol–water partition coefficient (Wildman–Crippen LogP) is 2.82. The van der Waals surface area contributed by atoms with Crippen molar-refractivity contribution in [3.63, 3.8) is 0 Å². The van der Waals surface area contributed by atoms with E-state index in [2.05, 4.69) is 31.2 Å². The number of thioether (sulfide) groups is 1. The molecule has 0 saturated carbocycles. The summed E-state index contributed by atoms with van der Waals surface area (Å²) in [6.07, 6.45) is 0. The Bertz CT molecular complexity index is 228. The summed E-state index contributed by atoms with van der Waals surface area (Å²) in [6, 6.07) is 8.61. The number of rotatable bonds is 3. The fourth-order valence-corrected chi connectivity index (χ4v) is 1.70. The van der Waals surface area contributed by atoms with Gasteiger partial charge in [0.25, 0.3) is 0 Å². The van der Waals surface area contributed by atoms with Crippen LogP contribution in [0.1, 0.15) is 25.5 Å². The summed E-state index contributed by atoms with van der Waals surface area (Å²) < 4.78 is 0. The van der Waals surface area contributed by atoms with Crippen molar-refractivity contribution in [3.05, 3.63) is 29.8 Å². The second-order valence-electron chi connectivity index (χ2n) is 2.79. The quantitative estimate of drug-likeness (QED) is 0.726. The van der Waals surface area contributed by atoms with Gasteiger partial charge in [0.2, 0.25) is 0 Å². The molecule has 0 fully saturated rings. The molecule has 2 heteroatoms. The van der Waals surface area contributed by atoms with Gasteiger partial charge in [0, 0.05) is 10.9 Å². The highest BCUT2D eigenvalue weighted by atomic mass is 32.2. The van der Waals surface area contributed by atoms with Gasteiger partial charge < -0.3 is 5.73 Å². The summed E-state index contributed by atoms with van der Waals surface area (Å²) in [5, 5.41) is 0. The summed E-state index contributed by atoms with van der Waals surface area (Å²) in [5.74, 6) is 1.12. The van der Waals surface area contributed by atoms with Crippen LogP contribution in [0.3, 0.4) is 0 Å². The van der Waals surface area contributed by atoms with Gasteiger partial charge in [-0.05, 0) is 30.4 Å².